The van der Waals surface area contributed by atoms with Gasteiger partial charge in [0.25, 0.3) is 5.91 Å². The number of benzene rings is 1. The summed E-state index contributed by atoms with van der Waals surface area (Å²) >= 11 is 7.59. The second-order valence-electron chi connectivity index (χ2n) is 5.83. The van der Waals surface area contributed by atoms with Crippen molar-refractivity contribution < 1.29 is 4.79 Å². The van der Waals surface area contributed by atoms with Crippen LogP contribution in [0.5, 0.6) is 0 Å². The number of nitrogens with one attached hydrogen (secondary N) is 1. The van der Waals surface area contributed by atoms with E-state index in [-0.39, 0.29) is 5.91 Å². The van der Waals surface area contributed by atoms with E-state index in [1.54, 1.807) is 28.3 Å². The van der Waals surface area contributed by atoms with Crippen LogP contribution in [0.1, 0.15) is 15.2 Å². The number of hydrogen-bond acceptors (Lipinski definition) is 4. The van der Waals surface area contributed by atoms with Gasteiger partial charge in [0.2, 0.25) is 0 Å². The molecule has 4 rings (SSSR count). The van der Waals surface area contributed by atoms with Crippen LogP contribution in [0.15, 0.2) is 54.0 Å². The highest BCUT2D eigenvalue weighted by Gasteiger charge is 2.16. The van der Waals surface area contributed by atoms with Crippen molar-refractivity contribution in [3.05, 3.63) is 69.5 Å². The van der Waals surface area contributed by atoms with E-state index in [4.69, 9.17) is 11.6 Å². The van der Waals surface area contributed by atoms with Crippen LogP contribution in [0.25, 0.3) is 22.3 Å². The molecule has 3 aromatic heterocycles. The highest BCUT2D eigenvalue weighted by molar-refractivity contribution is 7.09. The summed E-state index contributed by atoms with van der Waals surface area (Å²) in [6.45, 7) is 0.497. The molecule has 0 saturated carbocycles. The Bertz CT molecular complexity index is 1070. The Hall–Kier alpha value is -2.70. The standard InChI is InChI=1S/C19H15ClN4OS/c1-24-18-16(11-22-24)15(19(25)21-10-14-3-2-8-26-14)9-17(23-18)12-4-6-13(20)7-5-12/h2-9,11H,10H2,1H3,(H,21,25). The first kappa shape index (κ1) is 16.8. The van der Waals surface area contributed by atoms with Crippen molar-refractivity contribution in [2.75, 3.05) is 0 Å². The fourth-order valence-corrected chi connectivity index (χ4v) is 3.52. The van der Waals surface area contributed by atoms with Crippen LogP contribution in [-0.4, -0.2) is 20.7 Å². The SMILES string of the molecule is Cn1ncc2c(C(=O)NCc3cccs3)cc(-c3ccc(Cl)cc3)nc21. The monoisotopic (exact) mass is 382 g/mol. The van der Waals surface area contributed by atoms with Crippen molar-refractivity contribution in [1.29, 1.82) is 0 Å². The van der Waals surface area contributed by atoms with Gasteiger partial charge in [-0.1, -0.05) is 29.8 Å². The molecule has 0 fully saturated rings. The smallest absolute Gasteiger partial charge is 0.252 e. The van der Waals surface area contributed by atoms with E-state index in [0.29, 0.717) is 28.5 Å². The average Bonchev–Trinajstić information content (AvgIpc) is 3.30. The molecule has 5 nitrogen and oxygen atoms in total. The van der Waals surface area contributed by atoms with E-state index in [1.807, 2.05) is 48.8 Å². The second kappa shape index (κ2) is 6.90. The Labute approximate surface area is 159 Å². The van der Waals surface area contributed by atoms with Gasteiger partial charge in [-0.15, -0.1) is 11.3 Å². The van der Waals surface area contributed by atoms with Crippen molar-refractivity contribution in [3.63, 3.8) is 0 Å². The first-order valence-electron chi connectivity index (χ1n) is 8.01. The molecule has 0 spiro atoms. The third-order valence-corrected chi connectivity index (χ3v) is 5.22. The largest absolute Gasteiger partial charge is 0.347 e. The fourth-order valence-electron chi connectivity index (χ4n) is 2.75. The van der Waals surface area contributed by atoms with Gasteiger partial charge in [0, 0.05) is 22.5 Å². The van der Waals surface area contributed by atoms with E-state index in [2.05, 4.69) is 15.4 Å². The van der Waals surface area contributed by atoms with Gasteiger partial charge in [0.15, 0.2) is 5.65 Å². The molecule has 130 valence electrons. The number of hydrogen-bond donors (Lipinski definition) is 1. The molecule has 0 bridgehead atoms. The van der Waals surface area contributed by atoms with Gasteiger partial charge in [0.05, 0.1) is 29.4 Å². The van der Waals surface area contributed by atoms with Gasteiger partial charge < -0.3 is 5.32 Å². The molecule has 7 heteroatoms. The van der Waals surface area contributed by atoms with Crippen LogP contribution >= 0.6 is 22.9 Å². The summed E-state index contributed by atoms with van der Waals surface area (Å²) in [6.07, 6.45) is 1.67. The summed E-state index contributed by atoms with van der Waals surface area (Å²) in [5, 5.41) is 10.6. The molecule has 1 amide bonds. The van der Waals surface area contributed by atoms with Crippen LogP contribution in [0.4, 0.5) is 0 Å². The number of pyridine rings is 1. The zero-order chi connectivity index (χ0) is 18.1. The normalized spacial score (nSPS) is 11.0. The Balaban J connectivity index is 1.74. The topological polar surface area (TPSA) is 59.8 Å². The molecule has 1 N–H and O–H groups in total. The number of carbonyl (C=O) groups is 1. The maximum atomic E-state index is 12.8. The average molecular weight is 383 g/mol. The zero-order valence-electron chi connectivity index (χ0n) is 13.9. The molecular weight excluding hydrogens is 368 g/mol. The van der Waals surface area contributed by atoms with Crippen molar-refractivity contribution in [2.45, 2.75) is 6.54 Å². The second-order valence-corrected chi connectivity index (χ2v) is 7.30. The number of halogens is 1. The van der Waals surface area contributed by atoms with Crippen LogP contribution < -0.4 is 5.32 Å². The molecule has 0 aliphatic heterocycles. The van der Waals surface area contributed by atoms with Crippen molar-refractivity contribution in [1.82, 2.24) is 20.1 Å². The van der Waals surface area contributed by atoms with E-state index in [0.717, 1.165) is 15.8 Å². The summed E-state index contributed by atoms with van der Waals surface area (Å²) in [4.78, 5) is 18.6. The van der Waals surface area contributed by atoms with Crippen molar-refractivity contribution in [3.8, 4) is 11.3 Å². The Morgan fingerprint density at radius 2 is 2.08 bits per heavy atom. The molecule has 0 aliphatic rings. The summed E-state index contributed by atoms with van der Waals surface area (Å²) < 4.78 is 1.67. The van der Waals surface area contributed by atoms with E-state index >= 15 is 0 Å². The van der Waals surface area contributed by atoms with Crippen LogP contribution in [-0.2, 0) is 13.6 Å². The summed E-state index contributed by atoms with van der Waals surface area (Å²) in [7, 11) is 1.81. The van der Waals surface area contributed by atoms with Gasteiger partial charge in [0.1, 0.15) is 0 Å². The maximum Gasteiger partial charge on any atom is 0.252 e. The highest BCUT2D eigenvalue weighted by Crippen LogP contribution is 2.25. The Morgan fingerprint density at radius 3 is 2.81 bits per heavy atom. The summed E-state index contributed by atoms with van der Waals surface area (Å²) in [5.41, 5.74) is 2.83. The number of aromatic nitrogens is 3. The lowest BCUT2D eigenvalue weighted by molar-refractivity contribution is 0.0953. The lowest BCUT2D eigenvalue weighted by Crippen LogP contribution is -2.22. The van der Waals surface area contributed by atoms with Crippen molar-refractivity contribution >= 4 is 39.9 Å². The first-order valence-corrected chi connectivity index (χ1v) is 9.27. The lowest BCUT2D eigenvalue weighted by Gasteiger charge is -2.08. The predicted octanol–water partition coefficient (Wildman–Crippen LogP) is 4.28. The molecule has 0 radical (unpaired) electrons. The molecule has 4 aromatic rings. The fraction of sp³-hybridized carbons (Fsp3) is 0.105. The quantitative estimate of drug-likeness (QED) is 0.573. The molecule has 0 unspecified atom stereocenters. The number of nitrogens with zero attached hydrogens (tertiary/aromatic N) is 3. The number of amides is 1. The Morgan fingerprint density at radius 1 is 1.27 bits per heavy atom. The van der Waals surface area contributed by atoms with Gasteiger partial charge in [-0.05, 0) is 29.6 Å². The molecule has 0 aliphatic carbocycles. The third-order valence-electron chi connectivity index (χ3n) is 4.09. The highest BCUT2D eigenvalue weighted by atomic mass is 35.5. The molecule has 1 aromatic carbocycles. The minimum Gasteiger partial charge on any atom is -0.347 e. The molecule has 26 heavy (non-hydrogen) atoms. The number of fused-ring (bicyclic) bond motifs is 1. The molecule has 0 atom stereocenters. The molecule has 3 heterocycles. The van der Waals surface area contributed by atoms with Gasteiger partial charge >= 0.3 is 0 Å². The van der Waals surface area contributed by atoms with E-state index < -0.39 is 0 Å². The van der Waals surface area contributed by atoms with Crippen LogP contribution in [0.2, 0.25) is 5.02 Å². The molecular formula is C19H15ClN4OS. The minimum atomic E-state index is -0.144. The third kappa shape index (κ3) is 3.21. The minimum absolute atomic E-state index is 0.144. The van der Waals surface area contributed by atoms with Gasteiger partial charge in [-0.25, -0.2) is 4.98 Å². The lowest BCUT2D eigenvalue weighted by atomic mass is 10.1. The van der Waals surface area contributed by atoms with Crippen LogP contribution in [0, 0.1) is 0 Å². The van der Waals surface area contributed by atoms with E-state index in [1.165, 1.54) is 0 Å². The predicted molar refractivity (Wildman–Crippen MR) is 104 cm³/mol. The van der Waals surface area contributed by atoms with Gasteiger partial charge in [-0.3, -0.25) is 9.48 Å². The summed E-state index contributed by atoms with van der Waals surface area (Å²) in [5.74, 6) is -0.144. The molecule has 0 saturated heterocycles. The first-order chi connectivity index (χ1) is 12.6. The number of carbonyl (C=O) groups excluding carboxylic acids is 1. The van der Waals surface area contributed by atoms with Crippen molar-refractivity contribution in [2.24, 2.45) is 7.05 Å². The number of thiophene rings is 1. The zero-order valence-corrected chi connectivity index (χ0v) is 15.5. The van der Waals surface area contributed by atoms with Gasteiger partial charge in [-0.2, -0.15) is 5.10 Å². The summed E-state index contributed by atoms with van der Waals surface area (Å²) in [6, 6.07) is 13.2. The number of rotatable bonds is 4. The van der Waals surface area contributed by atoms with E-state index in [9.17, 15) is 4.79 Å². The maximum absolute atomic E-state index is 12.8. The van der Waals surface area contributed by atoms with Crippen LogP contribution in [0.3, 0.4) is 0 Å². The Kier molecular flexibility index (Phi) is 4.44. The number of aryl methyl sites for hydroxylation is 1.